The average Bonchev–Trinajstić information content (AvgIpc) is 2.47. The lowest BCUT2D eigenvalue weighted by molar-refractivity contribution is 0.473. The Morgan fingerprint density at radius 2 is 2.00 bits per heavy atom. The van der Waals surface area contributed by atoms with Crippen molar-refractivity contribution >= 4 is 21.4 Å². The third-order valence-electron chi connectivity index (χ3n) is 3.71. The smallest absolute Gasteiger partial charge is 0.242 e. The summed E-state index contributed by atoms with van der Waals surface area (Å²) < 4.78 is 25.8. The number of sulfonamides is 1. The lowest BCUT2D eigenvalue weighted by Gasteiger charge is -2.17. The molecule has 1 aromatic carbocycles. The summed E-state index contributed by atoms with van der Waals surface area (Å²) in [6.45, 7) is 5.27. The molecular formula is C15H27N3O2S. The Morgan fingerprint density at radius 3 is 2.52 bits per heavy atom. The van der Waals surface area contributed by atoms with Gasteiger partial charge in [0.05, 0.1) is 5.69 Å². The van der Waals surface area contributed by atoms with E-state index < -0.39 is 10.0 Å². The number of anilines is 2. The molecule has 1 unspecified atom stereocenters. The Morgan fingerprint density at radius 1 is 1.29 bits per heavy atom. The van der Waals surface area contributed by atoms with E-state index in [4.69, 9.17) is 5.73 Å². The summed E-state index contributed by atoms with van der Waals surface area (Å²) in [6.07, 6.45) is 4.79. The van der Waals surface area contributed by atoms with Crippen LogP contribution >= 0.6 is 0 Å². The van der Waals surface area contributed by atoms with E-state index in [1.165, 1.54) is 32.4 Å². The molecule has 0 fully saturated rings. The largest absolute Gasteiger partial charge is 0.398 e. The molecule has 0 bridgehead atoms. The molecule has 1 atom stereocenters. The van der Waals surface area contributed by atoms with Crippen molar-refractivity contribution in [3.8, 4) is 0 Å². The van der Waals surface area contributed by atoms with Crippen LogP contribution in [0.5, 0.6) is 0 Å². The van der Waals surface area contributed by atoms with Crippen molar-refractivity contribution in [3.63, 3.8) is 0 Å². The van der Waals surface area contributed by atoms with Crippen molar-refractivity contribution in [1.29, 1.82) is 0 Å². The molecule has 0 radical (unpaired) electrons. The molecule has 0 heterocycles. The molecule has 0 aliphatic rings. The number of rotatable bonds is 9. The van der Waals surface area contributed by atoms with E-state index in [-0.39, 0.29) is 10.6 Å². The SMILES string of the molecule is CCCCC(CC)CNc1ccc(S(=O)(=O)NC)c(N)c1. The lowest BCUT2D eigenvalue weighted by Crippen LogP contribution is -2.20. The van der Waals surface area contributed by atoms with Crippen molar-refractivity contribution in [1.82, 2.24) is 4.72 Å². The summed E-state index contributed by atoms with van der Waals surface area (Å²) in [4.78, 5) is 0.119. The van der Waals surface area contributed by atoms with Gasteiger partial charge in [0, 0.05) is 12.2 Å². The predicted molar refractivity (Wildman–Crippen MR) is 88.9 cm³/mol. The molecule has 0 amide bonds. The summed E-state index contributed by atoms with van der Waals surface area (Å²) in [5, 5.41) is 3.35. The van der Waals surface area contributed by atoms with Crippen molar-refractivity contribution in [2.75, 3.05) is 24.6 Å². The number of hydrogen-bond donors (Lipinski definition) is 3. The van der Waals surface area contributed by atoms with E-state index in [2.05, 4.69) is 23.9 Å². The van der Waals surface area contributed by atoms with Gasteiger partial charge in [-0.05, 0) is 37.6 Å². The molecule has 0 saturated carbocycles. The van der Waals surface area contributed by atoms with Crippen LogP contribution in [-0.2, 0) is 10.0 Å². The van der Waals surface area contributed by atoms with Gasteiger partial charge in [0.1, 0.15) is 4.90 Å². The fourth-order valence-corrected chi connectivity index (χ4v) is 3.05. The predicted octanol–water partition coefficient (Wildman–Crippen LogP) is 2.81. The first-order chi connectivity index (χ1) is 9.94. The molecule has 0 saturated heterocycles. The molecule has 1 aromatic rings. The third kappa shape index (κ3) is 5.21. The molecule has 0 aromatic heterocycles. The van der Waals surface area contributed by atoms with E-state index >= 15 is 0 Å². The summed E-state index contributed by atoms with van der Waals surface area (Å²) >= 11 is 0. The van der Waals surface area contributed by atoms with Crippen LogP contribution in [0, 0.1) is 5.92 Å². The Bertz CT molecular complexity index is 544. The molecular weight excluding hydrogens is 286 g/mol. The van der Waals surface area contributed by atoms with Gasteiger partial charge in [0.15, 0.2) is 0 Å². The van der Waals surface area contributed by atoms with Crippen LogP contribution in [0.1, 0.15) is 39.5 Å². The topological polar surface area (TPSA) is 84.2 Å². The number of unbranched alkanes of at least 4 members (excludes halogenated alkanes) is 1. The van der Waals surface area contributed by atoms with Crippen molar-refractivity contribution in [2.45, 2.75) is 44.4 Å². The Kier molecular flexibility index (Phi) is 6.98. The van der Waals surface area contributed by atoms with Crippen molar-refractivity contribution in [2.24, 2.45) is 5.92 Å². The summed E-state index contributed by atoms with van der Waals surface area (Å²) in [5.41, 5.74) is 6.96. The minimum absolute atomic E-state index is 0.119. The monoisotopic (exact) mass is 313 g/mol. The van der Waals surface area contributed by atoms with Crippen LogP contribution in [0.2, 0.25) is 0 Å². The van der Waals surface area contributed by atoms with Gasteiger partial charge >= 0.3 is 0 Å². The van der Waals surface area contributed by atoms with E-state index in [1.54, 1.807) is 12.1 Å². The van der Waals surface area contributed by atoms with Gasteiger partial charge in [-0.1, -0.05) is 33.1 Å². The van der Waals surface area contributed by atoms with Gasteiger partial charge in [-0.2, -0.15) is 0 Å². The lowest BCUT2D eigenvalue weighted by atomic mass is 9.99. The van der Waals surface area contributed by atoms with Gasteiger partial charge in [0.2, 0.25) is 10.0 Å². The third-order valence-corrected chi connectivity index (χ3v) is 5.19. The fraction of sp³-hybridized carbons (Fsp3) is 0.600. The van der Waals surface area contributed by atoms with E-state index in [1.807, 2.05) is 0 Å². The maximum Gasteiger partial charge on any atom is 0.242 e. The molecule has 1 rings (SSSR count). The highest BCUT2D eigenvalue weighted by molar-refractivity contribution is 7.89. The van der Waals surface area contributed by atoms with Gasteiger partial charge < -0.3 is 11.1 Å². The molecule has 5 nitrogen and oxygen atoms in total. The molecule has 0 aliphatic heterocycles. The van der Waals surface area contributed by atoms with Crippen molar-refractivity contribution in [3.05, 3.63) is 18.2 Å². The van der Waals surface area contributed by atoms with Crippen LogP contribution in [0.25, 0.3) is 0 Å². The number of benzene rings is 1. The second-order valence-corrected chi connectivity index (χ2v) is 7.11. The highest BCUT2D eigenvalue weighted by Crippen LogP contribution is 2.23. The minimum atomic E-state index is -3.50. The van der Waals surface area contributed by atoms with Gasteiger partial charge in [-0.3, -0.25) is 0 Å². The molecule has 120 valence electrons. The van der Waals surface area contributed by atoms with Crippen LogP contribution in [0.4, 0.5) is 11.4 Å². The van der Waals surface area contributed by atoms with E-state index in [9.17, 15) is 8.42 Å². The van der Waals surface area contributed by atoms with Crippen LogP contribution in [0.3, 0.4) is 0 Å². The van der Waals surface area contributed by atoms with Gasteiger partial charge in [-0.15, -0.1) is 0 Å². The minimum Gasteiger partial charge on any atom is -0.398 e. The number of nitrogens with one attached hydrogen (secondary N) is 2. The zero-order valence-corrected chi connectivity index (χ0v) is 14.0. The quantitative estimate of drug-likeness (QED) is 0.612. The fourth-order valence-electron chi connectivity index (χ4n) is 2.22. The molecule has 21 heavy (non-hydrogen) atoms. The standard InChI is InChI=1S/C15H27N3O2S/c1-4-6-7-12(5-2)11-18-13-8-9-15(14(16)10-13)21(19,20)17-3/h8-10,12,17-18H,4-7,11,16H2,1-3H3. The number of nitrogens with two attached hydrogens (primary N) is 1. The Balaban J connectivity index is 2.72. The summed E-state index contributed by atoms with van der Waals surface area (Å²) in [6, 6.07) is 4.97. The first-order valence-corrected chi connectivity index (χ1v) is 8.99. The highest BCUT2D eigenvalue weighted by Gasteiger charge is 2.15. The summed E-state index contributed by atoms with van der Waals surface area (Å²) in [5.74, 6) is 0.631. The zero-order valence-electron chi connectivity index (χ0n) is 13.1. The maximum atomic E-state index is 11.8. The Hall–Kier alpha value is -1.27. The molecule has 0 aliphatic carbocycles. The zero-order chi connectivity index (χ0) is 15.9. The van der Waals surface area contributed by atoms with E-state index in [0.29, 0.717) is 5.92 Å². The normalized spacial score (nSPS) is 13.1. The Labute approximate surface area is 128 Å². The molecule has 6 heteroatoms. The van der Waals surface area contributed by atoms with Crippen LogP contribution in [0.15, 0.2) is 23.1 Å². The maximum absolute atomic E-state index is 11.8. The first kappa shape index (κ1) is 17.8. The molecule has 4 N–H and O–H groups in total. The summed E-state index contributed by atoms with van der Waals surface area (Å²) in [7, 11) is -2.12. The number of hydrogen-bond acceptors (Lipinski definition) is 4. The van der Waals surface area contributed by atoms with Gasteiger partial charge in [-0.25, -0.2) is 13.1 Å². The first-order valence-electron chi connectivity index (χ1n) is 7.51. The molecule has 0 spiro atoms. The number of nitrogen functional groups attached to an aromatic ring is 1. The van der Waals surface area contributed by atoms with E-state index in [0.717, 1.165) is 18.7 Å². The second-order valence-electron chi connectivity index (χ2n) is 5.26. The second kappa shape index (κ2) is 8.24. The van der Waals surface area contributed by atoms with Crippen LogP contribution < -0.4 is 15.8 Å². The van der Waals surface area contributed by atoms with Crippen LogP contribution in [-0.4, -0.2) is 22.0 Å². The average molecular weight is 313 g/mol. The van der Waals surface area contributed by atoms with Crippen molar-refractivity contribution < 1.29 is 8.42 Å². The highest BCUT2D eigenvalue weighted by atomic mass is 32.2. The van der Waals surface area contributed by atoms with Gasteiger partial charge in [0.25, 0.3) is 0 Å².